The summed E-state index contributed by atoms with van der Waals surface area (Å²) in [7, 11) is 0. The molecule has 0 amide bonds. The minimum atomic E-state index is -0.626. The van der Waals surface area contributed by atoms with Crippen LogP contribution in [0, 0.1) is 23.2 Å². The molecule has 4 heteroatoms. The molecule has 0 aromatic carbocycles. The first-order valence-electron chi connectivity index (χ1n) is 7.98. The second-order valence-corrected chi connectivity index (χ2v) is 7.52. The smallest absolute Gasteiger partial charge is 0.348 e. The fraction of sp³-hybridized carbons (Fsp3) is 0.875. The molecule has 4 nitrogen and oxygen atoms in total. The van der Waals surface area contributed by atoms with Crippen molar-refractivity contribution in [3.05, 3.63) is 0 Å². The second-order valence-electron chi connectivity index (χ2n) is 7.52. The first kappa shape index (κ1) is 12.7. The van der Waals surface area contributed by atoms with E-state index in [1.165, 1.54) is 38.5 Å². The first-order chi connectivity index (χ1) is 9.62. The molecular weight excluding hydrogens is 256 g/mol. The Bertz CT molecular complexity index is 398. The maximum Gasteiger partial charge on any atom is 0.348 e. The summed E-state index contributed by atoms with van der Waals surface area (Å²) in [5.74, 6) is 2.15. The topological polar surface area (TPSA) is 52.6 Å². The molecule has 1 atom stereocenters. The third-order valence-electron chi connectivity index (χ3n) is 5.93. The summed E-state index contributed by atoms with van der Waals surface area (Å²) < 4.78 is 10.1. The quantitative estimate of drug-likeness (QED) is 0.741. The van der Waals surface area contributed by atoms with Crippen LogP contribution < -0.4 is 0 Å². The van der Waals surface area contributed by atoms with Crippen molar-refractivity contribution in [3.63, 3.8) is 0 Å². The van der Waals surface area contributed by atoms with Crippen molar-refractivity contribution in [3.8, 4) is 0 Å². The number of hydrogen-bond donors (Lipinski definition) is 0. The highest BCUT2D eigenvalue weighted by molar-refractivity contribution is 5.89. The predicted octanol–water partition coefficient (Wildman–Crippen LogP) is 2.45. The maximum atomic E-state index is 11.7. The summed E-state index contributed by atoms with van der Waals surface area (Å²) in [4.78, 5) is 22.3. The monoisotopic (exact) mass is 278 g/mol. The van der Waals surface area contributed by atoms with Gasteiger partial charge in [0.05, 0.1) is 13.0 Å². The van der Waals surface area contributed by atoms with E-state index >= 15 is 0 Å². The van der Waals surface area contributed by atoms with Gasteiger partial charge in [0, 0.05) is 0 Å². The summed E-state index contributed by atoms with van der Waals surface area (Å²) in [5.41, 5.74) is 0.450. The zero-order valence-corrected chi connectivity index (χ0v) is 11.8. The van der Waals surface area contributed by atoms with Gasteiger partial charge < -0.3 is 9.47 Å². The van der Waals surface area contributed by atoms with Crippen LogP contribution in [0.3, 0.4) is 0 Å². The second kappa shape index (κ2) is 4.47. The molecule has 1 saturated heterocycles. The maximum absolute atomic E-state index is 11.7. The van der Waals surface area contributed by atoms with E-state index in [0.717, 1.165) is 24.2 Å². The third-order valence-corrected chi connectivity index (χ3v) is 5.93. The molecule has 5 aliphatic rings. The highest BCUT2D eigenvalue weighted by Gasteiger charge is 2.50. The molecule has 4 saturated carbocycles. The Labute approximate surface area is 119 Å². The van der Waals surface area contributed by atoms with Crippen LogP contribution in [0.2, 0.25) is 0 Å². The molecular formula is C16H22O4. The zero-order chi connectivity index (χ0) is 13.7. The van der Waals surface area contributed by atoms with Crippen molar-refractivity contribution >= 4 is 11.9 Å². The van der Waals surface area contributed by atoms with Gasteiger partial charge in [0.2, 0.25) is 6.10 Å². The van der Waals surface area contributed by atoms with Crippen molar-refractivity contribution in [2.45, 2.75) is 57.5 Å². The van der Waals surface area contributed by atoms with Crippen molar-refractivity contribution < 1.29 is 19.1 Å². The van der Waals surface area contributed by atoms with E-state index in [1.54, 1.807) is 0 Å². The van der Waals surface area contributed by atoms with Crippen LogP contribution in [-0.2, 0) is 19.1 Å². The number of carbonyl (C=O) groups excluding carboxylic acids is 2. The van der Waals surface area contributed by atoms with Crippen LogP contribution in [0.4, 0.5) is 0 Å². The minimum absolute atomic E-state index is 0.191. The average molecular weight is 278 g/mol. The highest BCUT2D eigenvalue weighted by atomic mass is 16.6. The molecule has 20 heavy (non-hydrogen) atoms. The fourth-order valence-electron chi connectivity index (χ4n) is 5.49. The van der Waals surface area contributed by atoms with E-state index in [-0.39, 0.29) is 18.4 Å². The molecule has 1 unspecified atom stereocenters. The number of cyclic esters (lactones) is 1. The average Bonchev–Trinajstić information content (AvgIpc) is 2.33. The molecule has 0 radical (unpaired) electrons. The lowest BCUT2D eigenvalue weighted by atomic mass is 9.49. The zero-order valence-electron chi connectivity index (χ0n) is 11.8. The summed E-state index contributed by atoms with van der Waals surface area (Å²) in [6, 6.07) is 0. The Kier molecular flexibility index (Phi) is 2.83. The van der Waals surface area contributed by atoms with Crippen molar-refractivity contribution in [1.82, 2.24) is 0 Å². The molecule has 110 valence electrons. The molecule has 0 spiro atoms. The number of carbonyl (C=O) groups is 2. The summed E-state index contributed by atoms with van der Waals surface area (Å²) in [5, 5.41) is 0. The van der Waals surface area contributed by atoms with Gasteiger partial charge in [0.25, 0.3) is 0 Å². The van der Waals surface area contributed by atoms with E-state index in [2.05, 4.69) is 0 Å². The number of esters is 2. The van der Waals surface area contributed by atoms with Crippen molar-refractivity contribution in [1.29, 1.82) is 0 Å². The molecule has 0 aromatic rings. The van der Waals surface area contributed by atoms with Crippen molar-refractivity contribution in [2.75, 3.05) is 6.61 Å². The van der Waals surface area contributed by atoms with E-state index in [4.69, 9.17) is 9.47 Å². The molecule has 5 fully saturated rings. The fourth-order valence-corrected chi connectivity index (χ4v) is 5.49. The Hall–Kier alpha value is -1.06. The first-order valence-corrected chi connectivity index (χ1v) is 7.98. The van der Waals surface area contributed by atoms with Gasteiger partial charge in [0.15, 0.2) is 0 Å². The summed E-state index contributed by atoms with van der Waals surface area (Å²) in [6.07, 6.45) is 8.92. The standard InChI is InChI=1S/C16H22O4/c17-14-6-13(20-14)15(18)19-2-1-16-7-10-3-11(8-16)5-12(4-10)9-16/h10-13H,1-9H2. The largest absolute Gasteiger partial charge is 0.463 e. The predicted molar refractivity (Wildman–Crippen MR) is 70.7 cm³/mol. The van der Waals surface area contributed by atoms with Crippen LogP contribution in [0.5, 0.6) is 0 Å². The molecule has 4 bridgehead atoms. The molecule has 0 N–H and O–H groups in total. The SMILES string of the molecule is O=C1CC(C(=O)OCCC23CC4CC(CC(C4)C2)C3)O1. The van der Waals surface area contributed by atoms with Crippen molar-refractivity contribution in [2.24, 2.45) is 23.2 Å². The van der Waals surface area contributed by atoms with Gasteiger partial charge >= 0.3 is 11.9 Å². The Morgan fingerprint density at radius 3 is 2.20 bits per heavy atom. The molecule has 4 aliphatic carbocycles. The van der Waals surface area contributed by atoms with E-state index < -0.39 is 6.10 Å². The number of hydrogen-bond acceptors (Lipinski definition) is 4. The highest BCUT2D eigenvalue weighted by Crippen LogP contribution is 2.61. The molecule has 5 rings (SSSR count). The molecule has 0 aromatic heterocycles. The molecule has 1 aliphatic heterocycles. The van der Waals surface area contributed by atoms with Gasteiger partial charge in [-0.2, -0.15) is 0 Å². The van der Waals surface area contributed by atoms with E-state index in [1.807, 2.05) is 0 Å². The minimum Gasteiger partial charge on any atom is -0.463 e. The van der Waals surface area contributed by atoms with Crippen LogP contribution in [0.25, 0.3) is 0 Å². The van der Waals surface area contributed by atoms with Crippen LogP contribution in [-0.4, -0.2) is 24.6 Å². The van der Waals surface area contributed by atoms with Gasteiger partial charge in [-0.25, -0.2) is 4.79 Å². The third kappa shape index (κ3) is 2.13. The van der Waals surface area contributed by atoms with Crippen LogP contribution in [0.1, 0.15) is 51.4 Å². The van der Waals surface area contributed by atoms with Crippen LogP contribution in [0.15, 0.2) is 0 Å². The Balaban J connectivity index is 1.29. The van der Waals surface area contributed by atoms with Gasteiger partial charge in [-0.3, -0.25) is 4.79 Å². The molecule has 1 heterocycles. The van der Waals surface area contributed by atoms with E-state index in [0.29, 0.717) is 12.0 Å². The number of rotatable bonds is 4. The summed E-state index contributed by atoms with van der Waals surface area (Å²) in [6.45, 7) is 0.499. The van der Waals surface area contributed by atoms with Gasteiger partial charge in [-0.1, -0.05) is 0 Å². The summed E-state index contributed by atoms with van der Waals surface area (Å²) >= 11 is 0. The lowest BCUT2D eigenvalue weighted by Gasteiger charge is -2.57. The number of ether oxygens (including phenoxy) is 2. The lowest BCUT2D eigenvalue weighted by Crippen LogP contribution is -2.46. The van der Waals surface area contributed by atoms with Gasteiger partial charge in [0.1, 0.15) is 0 Å². The normalized spacial score (nSPS) is 44.9. The lowest BCUT2D eigenvalue weighted by molar-refractivity contribution is -0.186. The van der Waals surface area contributed by atoms with Gasteiger partial charge in [-0.15, -0.1) is 0 Å². The van der Waals surface area contributed by atoms with Gasteiger partial charge in [-0.05, 0) is 68.1 Å². The Morgan fingerprint density at radius 2 is 1.70 bits per heavy atom. The Morgan fingerprint density at radius 1 is 1.15 bits per heavy atom. The van der Waals surface area contributed by atoms with Crippen LogP contribution >= 0.6 is 0 Å². The van der Waals surface area contributed by atoms with E-state index in [9.17, 15) is 9.59 Å².